The Morgan fingerprint density at radius 1 is 1.25 bits per heavy atom. The molecule has 0 aliphatic heterocycles. The standard InChI is InChI=1S/C15H23N/c1-12(13-8-5-4-6-9-13)16-14-10-7-11-15(14,2)3/h4-6,8-9,12,14,16H,7,10-11H2,1-3H3/t12-,14?/m1/s1. The summed E-state index contributed by atoms with van der Waals surface area (Å²) in [7, 11) is 0. The third kappa shape index (κ3) is 2.46. The van der Waals surface area contributed by atoms with Crippen LogP contribution in [0.15, 0.2) is 30.3 Å². The normalized spacial score (nSPS) is 25.6. The minimum atomic E-state index is 0.461. The van der Waals surface area contributed by atoms with E-state index in [-0.39, 0.29) is 0 Å². The Kier molecular flexibility index (Phi) is 3.34. The van der Waals surface area contributed by atoms with Gasteiger partial charge in [-0.3, -0.25) is 0 Å². The fourth-order valence-electron chi connectivity index (χ4n) is 2.78. The summed E-state index contributed by atoms with van der Waals surface area (Å²) in [6.07, 6.45) is 4.04. The Hall–Kier alpha value is -0.820. The van der Waals surface area contributed by atoms with E-state index in [0.717, 1.165) is 0 Å². The van der Waals surface area contributed by atoms with Crippen LogP contribution in [0.5, 0.6) is 0 Å². The van der Waals surface area contributed by atoms with E-state index in [9.17, 15) is 0 Å². The zero-order chi connectivity index (χ0) is 11.6. The fraction of sp³-hybridized carbons (Fsp3) is 0.600. The first-order valence-corrected chi connectivity index (χ1v) is 6.40. The molecule has 1 saturated carbocycles. The molecule has 0 aromatic heterocycles. The molecule has 0 radical (unpaired) electrons. The van der Waals surface area contributed by atoms with Gasteiger partial charge in [-0.05, 0) is 30.7 Å². The van der Waals surface area contributed by atoms with Crippen molar-refractivity contribution in [3.63, 3.8) is 0 Å². The van der Waals surface area contributed by atoms with Gasteiger partial charge in [-0.25, -0.2) is 0 Å². The summed E-state index contributed by atoms with van der Waals surface area (Å²) < 4.78 is 0. The smallest absolute Gasteiger partial charge is 0.0294 e. The second-order valence-electron chi connectivity index (χ2n) is 5.73. The Bertz CT molecular complexity index is 329. The van der Waals surface area contributed by atoms with E-state index in [4.69, 9.17) is 0 Å². The van der Waals surface area contributed by atoms with Crippen molar-refractivity contribution >= 4 is 0 Å². The molecule has 1 N–H and O–H groups in total. The molecule has 1 aromatic rings. The SMILES string of the molecule is C[C@@H](NC1CCCC1(C)C)c1ccccc1. The van der Waals surface area contributed by atoms with Crippen molar-refractivity contribution in [2.75, 3.05) is 0 Å². The second kappa shape index (κ2) is 4.58. The van der Waals surface area contributed by atoms with Crippen molar-refractivity contribution in [3.8, 4) is 0 Å². The van der Waals surface area contributed by atoms with Gasteiger partial charge in [-0.2, -0.15) is 0 Å². The maximum atomic E-state index is 3.79. The monoisotopic (exact) mass is 217 g/mol. The van der Waals surface area contributed by atoms with Crippen LogP contribution in [0.25, 0.3) is 0 Å². The first-order chi connectivity index (χ1) is 7.59. The molecule has 0 amide bonds. The minimum absolute atomic E-state index is 0.461. The Labute approximate surface area is 99.3 Å². The van der Waals surface area contributed by atoms with E-state index in [1.807, 2.05) is 0 Å². The van der Waals surface area contributed by atoms with Crippen LogP contribution in [-0.4, -0.2) is 6.04 Å². The van der Waals surface area contributed by atoms with Gasteiger partial charge in [0.1, 0.15) is 0 Å². The molecule has 0 saturated heterocycles. The molecule has 88 valence electrons. The minimum Gasteiger partial charge on any atom is -0.307 e. The van der Waals surface area contributed by atoms with E-state index in [1.165, 1.54) is 24.8 Å². The zero-order valence-electron chi connectivity index (χ0n) is 10.7. The lowest BCUT2D eigenvalue weighted by atomic mass is 9.86. The van der Waals surface area contributed by atoms with Crippen molar-refractivity contribution in [2.24, 2.45) is 5.41 Å². The molecule has 2 atom stereocenters. The molecule has 1 unspecified atom stereocenters. The van der Waals surface area contributed by atoms with Gasteiger partial charge in [-0.15, -0.1) is 0 Å². The highest BCUT2D eigenvalue weighted by Crippen LogP contribution is 2.38. The molecule has 1 aliphatic rings. The topological polar surface area (TPSA) is 12.0 Å². The van der Waals surface area contributed by atoms with E-state index >= 15 is 0 Å². The molecule has 1 aliphatic carbocycles. The predicted octanol–water partition coefficient (Wildman–Crippen LogP) is 3.92. The summed E-state index contributed by atoms with van der Waals surface area (Å²) in [6.45, 7) is 7.04. The summed E-state index contributed by atoms with van der Waals surface area (Å²) in [6, 6.07) is 11.9. The lowest BCUT2D eigenvalue weighted by Gasteiger charge is -2.31. The summed E-state index contributed by atoms with van der Waals surface area (Å²) in [5.41, 5.74) is 1.86. The lowest BCUT2D eigenvalue weighted by Crippen LogP contribution is -2.39. The first kappa shape index (κ1) is 11.7. The average molecular weight is 217 g/mol. The van der Waals surface area contributed by atoms with Gasteiger partial charge in [0.25, 0.3) is 0 Å². The third-order valence-electron chi connectivity index (χ3n) is 4.01. The highest BCUT2D eigenvalue weighted by atomic mass is 15.0. The Balaban J connectivity index is 2.00. The molecule has 2 rings (SSSR count). The van der Waals surface area contributed by atoms with Gasteiger partial charge in [0.2, 0.25) is 0 Å². The number of hydrogen-bond donors (Lipinski definition) is 1. The molecule has 1 heteroatoms. The van der Waals surface area contributed by atoms with E-state index < -0.39 is 0 Å². The molecular formula is C15H23N. The van der Waals surface area contributed by atoms with Crippen LogP contribution in [0.2, 0.25) is 0 Å². The number of nitrogens with one attached hydrogen (secondary N) is 1. The van der Waals surface area contributed by atoms with Crippen LogP contribution in [-0.2, 0) is 0 Å². The molecular weight excluding hydrogens is 194 g/mol. The quantitative estimate of drug-likeness (QED) is 0.809. The van der Waals surface area contributed by atoms with Crippen LogP contribution in [0.4, 0.5) is 0 Å². The molecule has 1 aromatic carbocycles. The maximum Gasteiger partial charge on any atom is 0.0294 e. The van der Waals surface area contributed by atoms with Gasteiger partial charge in [0.05, 0.1) is 0 Å². The lowest BCUT2D eigenvalue weighted by molar-refractivity contribution is 0.266. The first-order valence-electron chi connectivity index (χ1n) is 6.40. The van der Waals surface area contributed by atoms with E-state index in [2.05, 4.69) is 56.4 Å². The highest BCUT2D eigenvalue weighted by Gasteiger charge is 2.34. The predicted molar refractivity (Wildman–Crippen MR) is 69.4 cm³/mol. The van der Waals surface area contributed by atoms with E-state index in [1.54, 1.807) is 0 Å². The van der Waals surface area contributed by atoms with Crippen LogP contribution < -0.4 is 5.32 Å². The Morgan fingerprint density at radius 3 is 2.50 bits per heavy atom. The molecule has 0 bridgehead atoms. The van der Waals surface area contributed by atoms with E-state index in [0.29, 0.717) is 17.5 Å². The number of rotatable bonds is 3. The summed E-state index contributed by atoms with van der Waals surface area (Å²) in [5, 5.41) is 3.79. The molecule has 16 heavy (non-hydrogen) atoms. The van der Waals surface area contributed by atoms with Crippen LogP contribution in [0.3, 0.4) is 0 Å². The zero-order valence-corrected chi connectivity index (χ0v) is 10.7. The van der Waals surface area contributed by atoms with Crippen molar-refractivity contribution in [3.05, 3.63) is 35.9 Å². The average Bonchev–Trinajstić information content (AvgIpc) is 2.59. The van der Waals surface area contributed by atoms with Crippen LogP contribution >= 0.6 is 0 Å². The highest BCUT2D eigenvalue weighted by molar-refractivity contribution is 5.18. The van der Waals surface area contributed by atoms with Crippen molar-refractivity contribution < 1.29 is 0 Å². The number of benzene rings is 1. The van der Waals surface area contributed by atoms with Crippen molar-refractivity contribution in [1.82, 2.24) is 5.32 Å². The van der Waals surface area contributed by atoms with Crippen LogP contribution in [0, 0.1) is 5.41 Å². The third-order valence-corrected chi connectivity index (χ3v) is 4.01. The second-order valence-corrected chi connectivity index (χ2v) is 5.73. The van der Waals surface area contributed by atoms with Crippen LogP contribution in [0.1, 0.15) is 51.6 Å². The molecule has 0 heterocycles. The summed E-state index contributed by atoms with van der Waals surface area (Å²) in [5.74, 6) is 0. The maximum absolute atomic E-state index is 3.79. The van der Waals surface area contributed by atoms with Gasteiger partial charge < -0.3 is 5.32 Å². The van der Waals surface area contributed by atoms with Gasteiger partial charge in [-0.1, -0.05) is 50.6 Å². The van der Waals surface area contributed by atoms with Crippen molar-refractivity contribution in [2.45, 2.75) is 52.1 Å². The fourth-order valence-corrected chi connectivity index (χ4v) is 2.78. The summed E-state index contributed by atoms with van der Waals surface area (Å²) in [4.78, 5) is 0. The number of hydrogen-bond acceptors (Lipinski definition) is 1. The largest absolute Gasteiger partial charge is 0.307 e. The molecule has 1 nitrogen and oxygen atoms in total. The Morgan fingerprint density at radius 2 is 1.94 bits per heavy atom. The van der Waals surface area contributed by atoms with Gasteiger partial charge >= 0.3 is 0 Å². The molecule has 1 fully saturated rings. The van der Waals surface area contributed by atoms with Gasteiger partial charge in [0, 0.05) is 12.1 Å². The van der Waals surface area contributed by atoms with Gasteiger partial charge in [0.15, 0.2) is 0 Å². The molecule has 0 spiro atoms. The summed E-state index contributed by atoms with van der Waals surface area (Å²) >= 11 is 0. The van der Waals surface area contributed by atoms with Crippen molar-refractivity contribution in [1.29, 1.82) is 0 Å².